The molecule has 0 saturated heterocycles. The minimum absolute atomic E-state index is 0. The van der Waals surface area contributed by atoms with E-state index in [9.17, 15) is 9.59 Å². The maximum absolute atomic E-state index is 11.1. The number of methoxy groups -OCH3 is 1. The van der Waals surface area contributed by atoms with Gasteiger partial charge in [0.2, 0.25) is 0 Å². The monoisotopic (exact) mass is 330 g/mol. The number of carboxylic acids is 1. The number of hydrogen-bond acceptors (Lipinski definition) is 3. The molecule has 0 bridgehead atoms. The Morgan fingerprint density at radius 3 is 2.27 bits per heavy atom. The number of benzene rings is 1. The topological polar surface area (TPSA) is 63.6 Å². The summed E-state index contributed by atoms with van der Waals surface area (Å²) in [6.07, 6.45) is 0. The number of ether oxygens (including phenoxy) is 1. The molecule has 0 radical (unpaired) electrons. The summed E-state index contributed by atoms with van der Waals surface area (Å²) >= 11 is 1.94. The Morgan fingerprint density at radius 2 is 1.80 bits per heavy atom. The van der Waals surface area contributed by atoms with Crippen LogP contribution >= 0.6 is 22.6 Å². The van der Waals surface area contributed by atoms with Crippen molar-refractivity contribution in [3.05, 3.63) is 32.9 Å². The SMILES string of the molecule is COC(=O)c1cc(I)cc(C(=O)O)c1.[NaH]. The van der Waals surface area contributed by atoms with E-state index in [0.29, 0.717) is 3.57 Å². The third-order valence-electron chi connectivity index (χ3n) is 1.57. The predicted octanol–water partition coefficient (Wildman–Crippen LogP) is 1.13. The summed E-state index contributed by atoms with van der Waals surface area (Å²) in [4.78, 5) is 21.8. The molecule has 6 heteroatoms. The molecular formula is C9H8INaO4. The Kier molecular flexibility index (Phi) is 6.42. The standard InChI is InChI=1S/C9H7IO4.Na.H/c1-14-9(13)6-2-5(8(11)12)3-7(10)4-6;;/h2-4H,1H3,(H,11,12);;. The molecule has 0 saturated carbocycles. The van der Waals surface area contributed by atoms with Crippen molar-refractivity contribution >= 4 is 64.1 Å². The molecule has 0 unspecified atom stereocenters. The maximum atomic E-state index is 11.1. The number of rotatable bonds is 2. The van der Waals surface area contributed by atoms with Gasteiger partial charge in [0.05, 0.1) is 18.2 Å². The van der Waals surface area contributed by atoms with E-state index in [4.69, 9.17) is 5.11 Å². The van der Waals surface area contributed by atoms with Gasteiger partial charge in [-0.1, -0.05) is 0 Å². The van der Waals surface area contributed by atoms with Gasteiger partial charge in [0.25, 0.3) is 0 Å². The molecule has 15 heavy (non-hydrogen) atoms. The second kappa shape index (κ2) is 6.47. The molecule has 0 spiro atoms. The van der Waals surface area contributed by atoms with Gasteiger partial charge in [-0.05, 0) is 40.8 Å². The van der Waals surface area contributed by atoms with Crippen LogP contribution in [-0.2, 0) is 4.74 Å². The fourth-order valence-electron chi connectivity index (χ4n) is 0.949. The van der Waals surface area contributed by atoms with E-state index < -0.39 is 11.9 Å². The van der Waals surface area contributed by atoms with Gasteiger partial charge in [-0.3, -0.25) is 0 Å². The molecule has 1 aromatic carbocycles. The van der Waals surface area contributed by atoms with Crippen LogP contribution in [0, 0.1) is 3.57 Å². The first-order valence-corrected chi connectivity index (χ1v) is 4.74. The quantitative estimate of drug-likeness (QED) is 0.502. The van der Waals surface area contributed by atoms with Crippen LogP contribution in [0.25, 0.3) is 0 Å². The van der Waals surface area contributed by atoms with Crippen molar-refractivity contribution in [2.75, 3.05) is 7.11 Å². The van der Waals surface area contributed by atoms with E-state index in [1.54, 1.807) is 6.07 Å². The number of halogens is 1. The Balaban J connectivity index is 0.00000196. The van der Waals surface area contributed by atoms with Gasteiger partial charge in [0, 0.05) is 3.57 Å². The average molecular weight is 330 g/mol. The zero-order valence-corrected chi connectivity index (χ0v) is 9.44. The normalized spacial score (nSPS) is 8.93. The van der Waals surface area contributed by atoms with Gasteiger partial charge in [-0.15, -0.1) is 0 Å². The van der Waals surface area contributed by atoms with Crippen molar-refractivity contribution in [1.82, 2.24) is 0 Å². The molecular weight excluding hydrogens is 322 g/mol. The first kappa shape index (κ1) is 14.9. The van der Waals surface area contributed by atoms with Crippen LogP contribution in [0.5, 0.6) is 0 Å². The number of aromatic carboxylic acids is 1. The number of hydrogen-bond donors (Lipinski definition) is 1. The average Bonchev–Trinajstić information content (AvgIpc) is 2.15. The van der Waals surface area contributed by atoms with Crippen molar-refractivity contribution in [1.29, 1.82) is 0 Å². The first-order valence-electron chi connectivity index (χ1n) is 3.67. The molecule has 1 aromatic rings. The Morgan fingerprint density at radius 1 is 1.27 bits per heavy atom. The van der Waals surface area contributed by atoms with Crippen molar-refractivity contribution in [3.8, 4) is 0 Å². The molecule has 0 heterocycles. The summed E-state index contributed by atoms with van der Waals surface area (Å²) in [5, 5.41) is 8.73. The van der Waals surface area contributed by atoms with Crippen molar-refractivity contribution < 1.29 is 19.4 Å². The minimum atomic E-state index is -1.06. The molecule has 4 nitrogen and oxygen atoms in total. The molecule has 76 valence electrons. The van der Waals surface area contributed by atoms with Crippen LogP contribution in [0.1, 0.15) is 20.7 Å². The number of esters is 1. The number of carbonyl (C=O) groups excluding carboxylic acids is 1. The predicted molar refractivity (Wildman–Crippen MR) is 64.6 cm³/mol. The van der Waals surface area contributed by atoms with Crippen LogP contribution in [0.4, 0.5) is 0 Å². The zero-order valence-electron chi connectivity index (χ0n) is 7.28. The van der Waals surface area contributed by atoms with E-state index in [1.165, 1.54) is 19.2 Å². The summed E-state index contributed by atoms with van der Waals surface area (Å²) in [6.45, 7) is 0. The van der Waals surface area contributed by atoms with E-state index in [1.807, 2.05) is 22.6 Å². The fourth-order valence-corrected chi connectivity index (χ4v) is 1.62. The van der Waals surface area contributed by atoms with Crippen LogP contribution in [0.3, 0.4) is 0 Å². The van der Waals surface area contributed by atoms with Gasteiger partial charge in [-0.25, -0.2) is 9.59 Å². The van der Waals surface area contributed by atoms with Crippen molar-refractivity contribution in [3.63, 3.8) is 0 Å². The van der Waals surface area contributed by atoms with Crippen LogP contribution in [-0.4, -0.2) is 53.7 Å². The van der Waals surface area contributed by atoms with E-state index in [2.05, 4.69) is 4.74 Å². The first-order chi connectivity index (χ1) is 6.54. The van der Waals surface area contributed by atoms with Crippen LogP contribution < -0.4 is 0 Å². The molecule has 1 rings (SSSR count). The van der Waals surface area contributed by atoms with Crippen LogP contribution in [0.15, 0.2) is 18.2 Å². The third-order valence-corrected chi connectivity index (χ3v) is 2.19. The van der Waals surface area contributed by atoms with E-state index >= 15 is 0 Å². The van der Waals surface area contributed by atoms with Gasteiger partial charge in [-0.2, -0.15) is 0 Å². The summed E-state index contributed by atoms with van der Waals surface area (Å²) < 4.78 is 5.17. The molecule has 0 atom stereocenters. The third kappa shape index (κ3) is 4.10. The molecule has 0 aliphatic carbocycles. The second-order valence-corrected chi connectivity index (χ2v) is 3.77. The molecule has 0 aliphatic heterocycles. The van der Waals surface area contributed by atoms with Gasteiger partial charge in [0.15, 0.2) is 0 Å². The molecule has 0 aromatic heterocycles. The summed E-state index contributed by atoms with van der Waals surface area (Å²) in [7, 11) is 1.25. The summed E-state index contributed by atoms with van der Waals surface area (Å²) in [6, 6.07) is 4.34. The fraction of sp³-hybridized carbons (Fsp3) is 0.111. The number of carbonyl (C=O) groups is 2. The Hall–Kier alpha value is -0.110. The van der Waals surface area contributed by atoms with Gasteiger partial charge >= 0.3 is 41.5 Å². The van der Waals surface area contributed by atoms with Gasteiger partial charge in [0.1, 0.15) is 0 Å². The molecule has 0 amide bonds. The molecule has 1 N–H and O–H groups in total. The van der Waals surface area contributed by atoms with E-state index in [-0.39, 0.29) is 40.7 Å². The number of carboxylic acid groups (broad SMARTS) is 1. The molecule has 0 fully saturated rings. The summed E-state index contributed by atoms with van der Waals surface area (Å²) in [5.74, 6) is -1.60. The van der Waals surface area contributed by atoms with Crippen LogP contribution in [0.2, 0.25) is 0 Å². The zero-order chi connectivity index (χ0) is 10.7. The molecule has 0 aliphatic rings. The van der Waals surface area contributed by atoms with Crippen molar-refractivity contribution in [2.45, 2.75) is 0 Å². The second-order valence-electron chi connectivity index (χ2n) is 2.53. The van der Waals surface area contributed by atoms with Crippen molar-refractivity contribution in [2.24, 2.45) is 0 Å². The van der Waals surface area contributed by atoms with E-state index in [0.717, 1.165) is 0 Å². The van der Waals surface area contributed by atoms with Gasteiger partial charge < -0.3 is 9.84 Å². The Bertz CT molecular complexity index is 392. The summed E-state index contributed by atoms with van der Waals surface area (Å²) in [5.41, 5.74) is 0.328. The Labute approximate surface area is 122 Å².